The van der Waals surface area contributed by atoms with Crippen molar-refractivity contribution in [2.75, 3.05) is 11.8 Å². The number of aryl methyl sites for hydroxylation is 1. The van der Waals surface area contributed by atoms with Crippen molar-refractivity contribution < 1.29 is 22.5 Å². The van der Waals surface area contributed by atoms with Crippen molar-refractivity contribution in [1.29, 1.82) is 0 Å². The first-order chi connectivity index (χ1) is 22.6. The Labute approximate surface area is 278 Å². The highest BCUT2D eigenvalue weighted by Gasteiger charge is 2.34. The summed E-state index contributed by atoms with van der Waals surface area (Å²) in [6, 6.07) is 22.6. The quantitative estimate of drug-likeness (QED) is 0.0835. The molecule has 1 fully saturated rings. The Kier molecular flexibility index (Phi) is 10.8. The van der Waals surface area contributed by atoms with Crippen molar-refractivity contribution in [3.8, 4) is 16.9 Å². The van der Waals surface area contributed by atoms with Gasteiger partial charge in [0.2, 0.25) is 0 Å². The average Bonchev–Trinajstić information content (AvgIpc) is 3.68. The maximum Gasteiger partial charge on any atom is 0.263 e. The Hall–Kier alpha value is -4.44. The van der Waals surface area contributed by atoms with E-state index in [0.29, 0.717) is 41.4 Å². The minimum absolute atomic E-state index is 0.0965. The third kappa shape index (κ3) is 8.11. The summed E-state index contributed by atoms with van der Waals surface area (Å²) in [6.45, 7) is 6.50. The number of sulfonamides is 1. The van der Waals surface area contributed by atoms with E-state index in [1.54, 1.807) is 32.0 Å². The van der Waals surface area contributed by atoms with E-state index in [-0.39, 0.29) is 10.7 Å². The number of rotatable bonds is 14. The van der Waals surface area contributed by atoms with E-state index < -0.39 is 15.6 Å². The zero-order valence-corrected chi connectivity index (χ0v) is 28.5. The van der Waals surface area contributed by atoms with Gasteiger partial charge in [0, 0.05) is 36.7 Å². The SMILES string of the molecule is CCCCC(=NC1(C=O)CCCC1)N(C)Cc1ccc(-c2ccccc2S(=O)(=O)Nc2noc(C)c2C)c(OCc2ccccc2)c1. The normalized spacial score (nSPS) is 14.6. The number of aldehydes is 1. The highest BCUT2D eigenvalue weighted by atomic mass is 32.2. The highest BCUT2D eigenvalue weighted by Crippen LogP contribution is 2.37. The van der Waals surface area contributed by atoms with Crippen LogP contribution in [0.3, 0.4) is 0 Å². The van der Waals surface area contributed by atoms with Crippen molar-refractivity contribution in [2.45, 2.75) is 89.3 Å². The number of hydrogen-bond acceptors (Lipinski definition) is 7. The lowest BCUT2D eigenvalue weighted by atomic mass is 10.0. The van der Waals surface area contributed by atoms with Crippen LogP contribution >= 0.6 is 0 Å². The number of carbonyl (C=O) groups is 1. The number of amidine groups is 1. The van der Waals surface area contributed by atoms with Crippen molar-refractivity contribution >= 4 is 28.0 Å². The number of hydrogen-bond donors (Lipinski definition) is 1. The Morgan fingerprint density at radius 1 is 1.02 bits per heavy atom. The number of nitrogens with zero attached hydrogens (tertiary/aromatic N) is 3. The van der Waals surface area contributed by atoms with E-state index in [1.165, 1.54) is 0 Å². The molecule has 1 saturated carbocycles. The Morgan fingerprint density at radius 2 is 1.74 bits per heavy atom. The maximum absolute atomic E-state index is 13.7. The van der Waals surface area contributed by atoms with E-state index in [0.717, 1.165) is 68.2 Å². The molecule has 0 saturated heterocycles. The summed E-state index contributed by atoms with van der Waals surface area (Å²) in [7, 11) is -2.02. The molecule has 0 unspecified atom stereocenters. The smallest absolute Gasteiger partial charge is 0.263 e. The van der Waals surface area contributed by atoms with E-state index in [4.69, 9.17) is 14.3 Å². The molecule has 0 bridgehead atoms. The summed E-state index contributed by atoms with van der Waals surface area (Å²) < 4.78 is 41.7. The molecule has 1 aliphatic carbocycles. The van der Waals surface area contributed by atoms with Gasteiger partial charge < -0.3 is 19.0 Å². The number of unbranched alkanes of at least 4 members (excludes halogenated alkanes) is 1. The fraction of sp³-hybridized carbons (Fsp3) is 0.378. The molecule has 248 valence electrons. The molecule has 0 aliphatic heterocycles. The van der Waals surface area contributed by atoms with Gasteiger partial charge in [-0.1, -0.05) is 92.0 Å². The molecule has 47 heavy (non-hydrogen) atoms. The molecule has 10 heteroatoms. The van der Waals surface area contributed by atoms with Crippen molar-refractivity contribution in [1.82, 2.24) is 10.1 Å². The number of carbonyl (C=O) groups excluding carboxylic acids is 1. The fourth-order valence-electron chi connectivity index (χ4n) is 5.89. The Bertz CT molecular complexity index is 1810. The van der Waals surface area contributed by atoms with Crippen LogP contribution in [0.15, 0.2) is 87.2 Å². The number of benzene rings is 3. The maximum atomic E-state index is 13.7. The standard InChI is InChI=1S/C37H44N4O5S/c1-5-6-18-35(38-37(26-42)21-12-13-22-37)41(4)24-30-19-20-31(33(23-30)45-25-29-14-8-7-9-15-29)32-16-10-11-17-34(32)47(43,44)40-36-27(2)28(3)46-39-36/h7-11,14-17,19-20,23,26H,5-6,12-13,18,21-22,24-25H2,1-4H3,(H,39,40). The minimum Gasteiger partial charge on any atom is -0.488 e. The largest absolute Gasteiger partial charge is 0.488 e. The van der Waals surface area contributed by atoms with Gasteiger partial charge in [-0.05, 0) is 56.4 Å². The van der Waals surface area contributed by atoms with Crippen LogP contribution in [-0.2, 0) is 28.0 Å². The zero-order valence-electron chi connectivity index (χ0n) is 27.7. The lowest BCUT2D eigenvalue weighted by Gasteiger charge is -2.26. The molecule has 1 N–H and O–H groups in total. The molecule has 5 rings (SSSR count). The molecule has 1 aliphatic rings. The molecule has 0 amide bonds. The fourth-order valence-corrected chi connectivity index (χ4v) is 7.17. The number of anilines is 1. The molecule has 0 radical (unpaired) electrons. The van der Waals surface area contributed by atoms with Crippen LogP contribution in [0.4, 0.5) is 5.82 Å². The van der Waals surface area contributed by atoms with Crippen LogP contribution in [0.1, 0.15) is 74.3 Å². The highest BCUT2D eigenvalue weighted by molar-refractivity contribution is 7.92. The van der Waals surface area contributed by atoms with E-state index in [2.05, 4.69) is 21.7 Å². The summed E-state index contributed by atoms with van der Waals surface area (Å²) in [6.07, 6.45) is 7.45. The van der Waals surface area contributed by atoms with Crippen LogP contribution in [0, 0.1) is 13.8 Å². The zero-order chi connectivity index (χ0) is 33.4. The molecule has 1 aromatic heterocycles. The predicted molar refractivity (Wildman–Crippen MR) is 185 cm³/mol. The van der Waals surface area contributed by atoms with Crippen LogP contribution in [0.25, 0.3) is 11.1 Å². The third-order valence-corrected chi connectivity index (χ3v) is 10.2. The molecule has 1 heterocycles. The molecular formula is C37H44N4O5S. The van der Waals surface area contributed by atoms with Crippen LogP contribution < -0.4 is 9.46 Å². The monoisotopic (exact) mass is 656 g/mol. The van der Waals surface area contributed by atoms with Gasteiger partial charge in [0.1, 0.15) is 35.8 Å². The molecule has 0 spiro atoms. The lowest BCUT2D eigenvalue weighted by molar-refractivity contribution is -0.112. The second kappa shape index (κ2) is 15.0. The first-order valence-electron chi connectivity index (χ1n) is 16.3. The molecule has 0 atom stereocenters. The van der Waals surface area contributed by atoms with Gasteiger partial charge in [-0.2, -0.15) is 0 Å². The van der Waals surface area contributed by atoms with E-state index in [1.807, 2.05) is 61.6 Å². The molecule has 9 nitrogen and oxygen atoms in total. The summed E-state index contributed by atoms with van der Waals surface area (Å²) in [5.74, 6) is 2.19. The lowest BCUT2D eigenvalue weighted by Crippen LogP contribution is -2.33. The summed E-state index contributed by atoms with van der Waals surface area (Å²) in [5, 5.41) is 3.90. The molecule has 4 aromatic rings. The minimum atomic E-state index is -4.03. The summed E-state index contributed by atoms with van der Waals surface area (Å²) in [4.78, 5) is 19.4. The van der Waals surface area contributed by atoms with Gasteiger partial charge in [-0.3, -0.25) is 9.71 Å². The van der Waals surface area contributed by atoms with Gasteiger partial charge in [0.25, 0.3) is 10.0 Å². The number of ether oxygens (including phenoxy) is 1. The summed E-state index contributed by atoms with van der Waals surface area (Å²) >= 11 is 0. The number of nitrogens with one attached hydrogen (secondary N) is 1. The van der Waals surface area contributed by atoms with Gasteiger partial charge in [-0.15, -0.1) is 0 Å². The van der Waals surface area contributed by atoms with Gasteiger partial charge in [-0.25, -0.2) is 8.42 Å². The number of aliphatic imine (C=N–C) groups is 1. The molecular weight excluding hydrogens is 612 g/mol. The second-order valence-electron chi connectivity index (χ2n) is 12.3. The van der Waals surface area contributed by atoms with Crippen LogP contribution in [0.2, 0.25) is 0 Å². The second-order valence-corrected chi connectivity index (χ2v) is 14.0. The van der Waals surface area contributed by atoms with Gasteiger partial charge in [0.05, 0.1) is 4.90 Å². The Balaban J connectivity index is 1.51. The van der Waals surface area contributed by atoms with E-state index >= 15 is 0 Å². The van der Waals surface area contributed by atoms with Gasteiger partial charge >= 0.3 is 0 Å². The molecule has 3 aromatic carbocycles. The first-order valence-corrected chi connectivity index (χ1v) is 17.7. The topological polar surface area (TPSA) is 114 Å². The summed E-state index contributed by atoms with van der Waals surface area (Å²) in [5.41, 5.74) is 3.11. The van der Waals surface area contributed by atoms with E-state index in [9.17, 15) is 13.2 Å². The van der Waals surface area contributed by atoms with Crippen molar-refractivity contribution in [2.24, 2.45) is 4.99 Å². The van der Waals surface area contributed by atoms with Crippen molar-refractivity contribution in [3.63, 3.8) is 0 Å². The number of aromatic nitrogens is 1. The van der Waals surface area contributed by atoms with Crippen molar-refractivity contribution in [3.05, 3.63) is 95.2 Å². The first kappa shape index (κ1) is 33.9. The Morgan fingerprint density at radius 3 is 2.43 bits per heavy atom. The van der Waals surface area contributed by atoms with Gasteiger partial charge in [0.15, 0.2) is 5.82 Å². The third-order valence-electron chi connectivity index (χ3n) is 8.79. The predicted octanol–water partition coefficient (Wildman–Crippen LogP) is 7.87. The average molecular weight is 657 g/mol. The van der Waals surface area contributed by atoms with Crippen LogP contribution in [0.5, 0.6) is 5.75 Å². The van der Waals surface area contributed by atoms with Crippen LogP contribution in [-0.4, -0.2) is 43.2 Å².